The van der Waals surface area contributed by atoms with Gasteiger partial charge in [-0.25, -0.2) is 0 Å². The number of hydrogen-bond donors (Lipinski definition) is 1. The minimum atomic E-state index is 0.822. The third-order valence-corrected chi connectivity index (χ3v) is 4.00. The van der Waals surface area contributed by atoms with Gasteiger partial charge in [0.15, 0.2) is 0 Å². The molecule has 2 N–H and O–H groups in total. The van der Waals surface area contributed by atoms with Crippen LogP contribution < -0.4 is 5.73 Å². The molecule has 0 aromatic carbocycles. The zero-order chi connectivity index (χ0) is 9.80. The van der Waals surface area contributed by atoms with Crippen molar-refractivity contribution >= 4 is 0 Å². The SMILES string of the molecule is NCC1CCC(N2CCCCCC2)C1. The van der Waals surface area contributed by atoms with Gasteiger partial charge in [-0.3, -0.25) is 0 Å². The van der Waals surface area contributed by atoms with E-state index >= 15 is 0 Å². The highest BCUT2D eigenvalue weighted by Crippen LogP contribution is 2.29. The van der Waals surface area contributed by atoms with Crippen LogP contribution in [0, 0.1) is 5.92 Å². The summed E-state index contributed by atoms with van der Waals surface area (Å²) >= 11 is 0. The standard InChI is InChI=1S/C12H24N2/c13-10-11-5-6-12(9-11)14-7-3-1-2-4-8-14/h11-12H,1-10,13H2. The van der Waals surface area contributed by atoms with E-state index in [1.807, 2.05) is 0 Å². The molecular weight excluding hydrogens is 172 g/mol. The van der Waals surface area contributed by atoms with Crippen LogP contribution in [-0.4, -0.2) is 30.6 Å². The lowest BCUT2D eigenvalue weighted by Gasteiger charge is -2.27. The highest BCUT2D eigenvalue weighted by molar-refractivity contribution is 4.84. The van der Waals surface area contributed by atoms with Gasteiger partial charge in [0, 0.05) is 6.04 Å². The molecule has 0 spiro atoms. The van der Waals surface area contributed by atoms with E-state index in [9.17, 15) is 0 Å². The molecule has 82 valence electrons. The van der Waals surface area contributed by atoms with Gasteiger partial charge in [0.2, 0.25) is 0 Å². The van der Waals surface area contributed by atoms with Crippen LogP contribution in [0.15, 0.2) is 0 Å². The Balaban J connectivity index is 1.82. The molecular formula is C12H24N2. The maximum atomic E-state index is 5.74. The maximum Gasteiger partial charge on any atom is 0.00984 e. The first kappa shape index (κ1) is 10.4. The molecule has 14 heavy (non-hydrogen) atoms. The molecule has 2 unspecified atom stereocenters. The van der Waals surface area contributed by atoms with Crippen LogP contribution in [0.25, 0.3) is 0 Å². The van der Waals surface area contributed by atoms with Crippen LogP contribution in [0.3, 0.4) is 0 Å². The van der Waals surface area contributed by atoms with Crippen molar-refractivity contribution in [2.24, 2.45) is 11.7 Å². The first-order valence-corrected chi connectivity index (χ1v) is 6.34. The lowest BCUT2D eigenvalue weighted by molar-refractivity contribution is 0.202. The lowest BCUT2D eigenvalue weighted by atomic mass is 10.1. The van der Waals surface area contributed by atoms with Gasteiger partial charge in [-0.2, -0.15) is 0 Å². The van der Waals surface area contributed by atoms with E-state index in [4.69, 9.17) is 5.73 Å². The van der Waals surface area contributed by atoms with Gasteiger partial charge in [-0.05, 0) is 57.7 Å². The molecule has 2 rings (SSSR count). The smallest absolute Gasteiger partial charge is 0.00984 e. The minimum Gasteiger partial charge on any atom is -0.330 e. The van der Waals surface area contributed by atoms with Crippen molar-refractivity contribution in [3.8, 4) is 0 Å². The van der Waals surface area contributed by atoms with Crippen molar-refractivity contribution in [2.45, 2.75) is 51.0 Å². The van der Waals surface area contributed by atoms with E-state index in [-0.39, 0.29) is 0 Å². The lowest BCUT2D eigenvalue weighted by Crippen LogP contribution is -2.34. The quantitative estimate of drug-likeness (QED) is 0.732. The zero-order valence-corrected chi connectivity index (χ0v) is 9.25. The largest absolute Gasteiger partial charge is 0.330 e. The van der Waals surface area contributed by atoms with Crippen molar-refractivity contribution in [1.29, 1.82) is 0 Å². The Hall–Kier alpha value is -0.0800. The third-order valence-electron chi connectivity index (χ3n) is 4.00. The van der Waals surface area contributed by atoms with E-state index in [1.165, 1.54) is 58.0 Å². The molecule has 2 aliphatic rings. The normalized spacial score (nSPS) is 35.8. The average Bonchev–Trinajstić information content (AvgIpc) is 2.53. The Morgan fingerprint density at radius 2 is 1.71 bits per heavy atom. The van der Waals surface area contributed by atoms with E-state index in [2.05, 4.69) is 4.90 Å². The van der Waals surface area contributed by atoms with Crippen LogP contribution in [0.5, 0.6) is 0 Å². The topological polar surface area (TPSA) is 29.3 Å². The van der Waals surface area contributed by atoms with Gasteiger partial charge in [-0.15, -0.1) is 0 Å². The van der Waals surface area contributed by atoms with Crippen molar-refractivity contribution in [1.82, 2.24) is 4.90 Å². The number of nitrogens with zero attached hydrogens (tertiary/aromatic N) is 1. The van der Waals surface area contributed by atoms with E-state index < -0.39 is 0 Å². The third kappa shape index (κ3) is 2.48. The second-order valence-corrected chi connectivity index (χ2v) is 5.02. The molecule has 1 aliphatic heterocycles. The summed E-state index contributed by atoms with van der Waals surface area (Å²) in [4.78, 5) is 2.74. The van der Waals surface area contributed by atoms with Crippen LogP contribution in [0.4, 0.5) is 0 Å². The zero-order valence-electron chi connectivity index (χ0n) is 9.25. The van der Waals surface area contributed by atoms with Gasteiger partial charge in [-0.1, -0.05) is 12.8 Å². The molecule has 0 radical (unpaired) electrons. The molecule has 1 saturated carbocycles. The molecule has 0 aromatic heterocycles. The predicted molar refractivity (Wildman–Crippen MR) is 60.2 cm³/mol. The molecule has 2 heteroatoms. The molecule has 2 fully saturated rings. The fraction of sp³-hybridized carbons (Fsp3) is 1.00. The van der Waals surface area contributed by atoms with Crippen LogP contribution in [0.2, 0.25) is 0 Å². The number of hydrogen-bond acceptors (Lipinski definition) is 2. The molecule has 1 heterocycles. The van der Waals surface area contributed by atoms with Crippen LogP contribution in [0.1, 0.15) is 44.9 Å². The fourth-order valence-corrected chi connectivity index (χ4v) is 3.05. The van der Waals surface area contributed by atoms with Crippen LogP contribution in [-0.2, 0) is 0 Å². The predicted octanol–water partition coefficient (Wildman–Crippen LogP) is 1.99. The second kappa shape index (κ2) is 5.13. The first-order valence-electron chi connectivity index (χ1n) is 6.34. The van der Waals surface area contributed by atoms with E-state index in [0.717, 1.165) is 18.5 Å². The summed E-state index contributed by atoms with van der Waals surface area (Å²) in [6.45, 7) is 3.61. The Bertz CT molecular complexity index is 162. The number of likely N-dealkylation sites (tertiary alicyclic amines) is 1. The molecule has 0 bridgehead atoms. The molecule has 2 nitrogen and oxygen atoms in total. The van der Waals surface area contributed by atoms with Gasteiger partial charge in [0.05, 0.1) is 0 Å². The summed E-state index contributed by atoms with van der Waals surface area (Å²) in [7, 11) is 0. The molecule has 2 atom stereocenters. The summed E-state index contributed by atoms with van der Waals surface area (Å²) in [6, 6.07) is 0.877. The monoisotopic (exact) mass is 196 g/mol. The fourth-order valence-electron chi connectivity index (χ4n) is 3.05. The Kier molecular flexibility index (Phi) is 3.82. The van der Waals surface area contributed by atoms with E-state index in [0.29, 0.717) is 0 Å². The Morgan fingerprint density at radius 1 is 1.00 bits per heavy atom. The summed E-state index contributed by atoms with van der Waals surface area (Å²) in [5.74, 6) is 0.822. The summed E-state index contributed by atoms with van der Waals surface area (Å²) < 4.78 is 0. The average molecular weight is 196 g/mol. The number of nitrogens with two attached hydrogens (primary N) is 1. The molecule has 0 amide bonds. The summed E-state index contributed by atoms with van der Waals surface area (Å²) in [5.41, 5.74) is 5.74. The van der Waals surface area contributed by atoms with Crippen molar-refractivity contribution in [2.75, 3.05) is 19.6 Å². The van der Waals surface area contributed by atoms with Crippen molar-refractivity contribution in [3.05, 3.63) is 0 Å². The highest BCUT2D eigenvalue weighted by Gasteiger charge is 2.28. The summed E-state index contributed by atoms with van der Waals surface area (Å²) in [5, 5.41) is 0. The highest BCUT2D eigenvalue weighted by atomic mass is 15.2. The second-order valence-electron chi connectivity index (χ2n) is 5.02. The maximum absolute atomic E-state index is 5.74. The Morgan fingerprint density at radius 3 is 2.29 bits per heavy atom. The summed E-state index contributed by atoms with van der Waals surface area (Å²) in [6.07, 6.45) is 9.89. The molecule has 1 saturated heterocycles. The molecule has 1 aliphatic carbocycles. The van der Waals surface area contributed by atoms with Gasteiger partial charge in [0.1, 0.15) is 0 Å². The first-order chi connectivity index (χ1) is 6.90. The number of rotatable bonds is 2. The van der Waals surface area contributed by atoms with Crippen LogP contribution >= 0.6 is 0 Å². The van der Waals surface area contributed by atoms with E-state index in [1.54, 1.807) is 0 Å². The van der Waals surface area contributed by atoms with Gasteiger partial charge < -0.3 is 10.6 Å². The van der Waals surface area contributed by atoms with Gasteiger partial charge >= 0.3 is 0 Å². The molecule has 0 aromatic rings. The van der Waals surface area contributed by atoms with Gasteiger partial charge in [0.25, 0.3) is 0 Å². The van der Waals surface area contributed by atoms with Crippen molar-refractivity contribution < 1.29 is 0 Å². The Labute approximate surface area is 87.8 Å². The minimum absolute atomic E-state index is 0.822. The van der Waals surface area contributed by atoms with Crippen molar-refractivity contribution in [3.63, 3.8) is 0 Å².